The molecular weight excluding hydrogens is 216 g/mol. The Balaban J connectivity index is 1.53. The summed E-state index contributed by atoms with van der Waals surface area (Å²) >= 11 is 0. The molecule has 2 fully saturated rings. The molecule has 0 amide bonds. The van der Waals surface area contributed by atoms with Crippen molar-refractivity contribution in [1.82, 2.24) is 0 Å². The Morgan fingerprint density at radius 1 is 0.444 bits per heavy atom. The highest BCUT2D eigenvalue weighted by atomic mass is 14.3. The molecule has 2 atom stereocenters. The van der Waals surface area contributed by atoms with Crippen LogP contribution < -0.4 is 0 Å². The minimum absolute atomic E-state index is 0.949. The Hall–Kier alpha value is -0.260. The standard InChI is InChI=1S/C18H30/c1-3-7-15(8-4-1)17-11-13-18(14-12-17)16-9-5-2-6-10-16/h11,13,15-18H,1-10,12,14H2. The second-order valence-electron chi connectivity index (χ2n) is 7.09. The molecule has 0 aromatic carbocycles. The van der Waals surface area contributed by atoms with Crippen LogP contribution in [0, 0.1) is 23.7 Å². The minimum Gasteiger partial charge on any atom is -0.0849 e. The molecule has 0 saturated heterocycles. The van der Waals surface area contributed by atoms with Gasteiger partial charge in [0.1, 0.15) is 0 Å². The molecule has 0 radical (unpaired) electrons. The monoisotopic (exact) mass is 246 g/mol. The van der Waals surface area contributed by atoms with E-state index in [1.165, 1.54) is 77.0 Å². The Labute approximate surface area is 113 Å². The highest BCUT2D eigenvalue weighted by Gasteiger charge is 2.28. The summed E-state index contributed by atoms with van der Waals surface area (Å²) in [7, 11) is 0. The van der Waals surface area contributed by atoms with Crippen LogP contribution in [0.25, 0.3) is 0 Å². The quantitative estimate of drug-likeness (QED) is 0.546. The maximum Gasteiger partial charge on any atom is -0.0205 e. The van der Waals surface area contributed by atoms with Crippen LogP contribution in [0.2, 0.25) is 0 Å². The SMILES string of the molecule is C1=CC(C2CCCCC2)CCC1C1CCCCC1. The molecule has 2 unspecified atom stereocenters. The van der Waals surface area contributed by atoms with Crippen molar-refractivity contribution < 1.29 is 0 Å². The van der Waals surface area contributed by atoms with E-state index in [4.69, 9.17) is 0 Å². The van der Waals surface area contributed by atoms with E-state index in [2.05, 4.69) is 12.2 Å². The van der Waals surface area contributed by atoms with E-state index in [0.29, 0.717) is 0 Å². The first kappa shape index (κ1) is 12.8. The second kappa shape index (κ2) is 6.26. The number of allylic oxidation sites excluding steroid dienone is 2. The fraction of sp³-hybridized carbons (Fsp3) is 0.889. The number of hydrogen-bond acceptors (Lipinski definition) is 0. The molecular formula is C18H30. The first-order valence-electron chi connectivity index (χ1n) is 8.62. The third-order valence-corrected chi connectivity index (χ3v) is 5.95. The minimum atomic E-state index is 0.949. The van der Waals surface area contributed by atoms with Crippen LogP contribution in [-0.4, -0.2) is 0 Å². The van der Waals surface area contributed by atoms with E-state index in [0.717, 1.165) is 23.7 Å². The predicted octanol–water partition coefficient (Wildman–Crippen LogP) is 5.73. The summed E-state index contributed by atoms with van der Waals surface area (Å²) < 4.78 is 0. The molecule has 0 heterocycles. The van der Waals surface area contributed by atoms with Crippen molar-refractivity contribution in [1.29, 1.82) is 0 Å². The molecule has 0 aromatic rings. The van der Waals surface area contributed by atoms with Gasteiger partial charge in [0, 0.05) is 0 Å². The summed E-state index contributed by atoms with van der Waals surface area (Å²) in [6, 6.07) is 0. The second-order valence-corrected chi connectivity index (χ2v) is 7.09. The van der Waals surface area contributed by atoms with E-state index >= 15 is 0 Å². The lowest BCUT2D eigenvalue weighted by Crippen LogP contribution is -2.24. The first-order chi connectivity index (χ1) is 8.93. The molecule has 0 aromatic heterocycles. The topological polar surface area (TPSA) is 0 Å². The van der Waals surface area contributed by atoms with Gasteiger partial charge in [0.05, 0.1) is 0 Å². The fourth-order valence-electron chi connectivity index (χ4n) is 4.77. The normalized spacial score (nSPS) is 35.8. The van der Waals surface area contributed by atoms with Crippen LogP contribution in [-0.2, 0) is 0 Å². The molecule has 3 rings (SSSR count). The fourth-order valence-corrected chi connectivity index (χ4v) is 4.77. The Morgan fingerprint density at radius 3 is 1.17 bits per heavy atom. The summed E-state index contributed by atoms with van der Waals surface area (Å²) in [5, 5.41) is 0. The van der Waals surface area contributed by atoms with Crippen LogP contribution in [0.1, 0.15) is 77.0 Å². The van der Waals surface area contributed by atoms with Gasteiger partial charge in [0.15, 0.2) is 0 Å². The third-order valence-electron chi connectivity index (χ3n) is 5.95. The van der Waals surface area contributed by atoms with Crippen LogP contribution in [0.5, 0.6) is 0 Å². The van der Waals surface area contributed by atoms with Crippen molar-refractivity contribution in [3.05, 3.63) is 12.2 Å². The van der Waals surface area contributed by atoms with Crippen molar-refractivity contribution in [2.24, 2.45) is 23.7 Å². The lowest BCUT2D eigenvalue weighted by Gasteiger charge is -2.35. The summed E-state index contributed by atoms with van der Waals surface area (Å²) in [5.41, 5.74) is 0. The molecule has 2 saturated carbocycles. The molecule has 102 valence electrons. The summed E-state index contributed by atoms with van der Waals surface area (Å²) in [5.74, 6) is 3.99. The summed E-state index contributed by atoms with van der Waals surface area (Å²) in [4.78, 5) is 0. The maximum absolute atomic E-state index is 2.64. The van der Waals surface area contributed by atoms with E-state index in [1.54, 1.807) is 0 Å². The lowest BCUT2D eigenvalue weighted by atomic mass is 9.70. The van der Waals surface area contributed by atoms with Gasteiger partial charge in [-0.2, -0.15) is 0 Å². The molecule has 3 aliphatic carbocycles. The van der Waals surface area contributed by atoms with Gasteiger partial charge < -0.3 is 0 Å². The molecule has 0 N–H and O–H groups in total. The van der Waals surface area contributed by atoms with Crippen LogP contribution in [0.3, 0.4) is 0 Å². The largest absolute Gasteiger partial charge is 0.0849 e. The highest BCUT2D eigenvalue weighted by Crippen LogP contribution is 2.40. The van der Waals surface area contributed by atoms with Gasteiger partial charge in [0.25, 0.3) is 0 Å². The van der Waals surface area contributed by atoms with Crippen molar-refractivity contribution >= 4 is 0 Å². The molecule has 18 heavy (non-hydrogen) atoms. The van der Waals surface area contributed by atoms with Crippen molar-refractivity contribution in [2.75, 3.05) is 0 Å². The van der Waals surface area contributed by atoms with E-state index in [1.807, 2.05) is 0 Å². The first-order valence-corrected chi connectivity index (χ1v) is 8.62. The van der Waals surface area contributed by atoms with Gasteiger partial charge >= 0.3 is 0 Å². The average Bonchev–Trinajstić information content (AvgIpc) is 2.49. The molecule has 0 aliphatic heterocycles. The van der Waals surface area contributed by atoms with E-state index in [-0.39, 0.29) is 0 Å². The zero-order valence-electron chi connectivity index (χ0n) is 11.9. The zero-order chi connectivity index (χ0) is 12.2. The highest BCUT2D eigenvalue weighted by molar-refractivity contribution is 5.02. The lowest BCUT2D eigenvalue weighted by molar-refractivity contribution is 0.218. The van der Waals surface area contributed by atoms with Crippen LogP contribution in [0.4, 0.5) is 0 Å². The van der Waals surface area contributed by atoms with Gasteiger partial charge in [-0.05, 0) is 62.2 Å². The maximum atomic E-state index is 2.64. The predicted molar refractivity (Wildman–Crippen MR) is 78.5 cm³/mol. The number of rotatable bonds is 2. The molecule has 0 nitrogen and oxygen atoms in total. The van der Waals surface area contributed by atoms with Crippen LogP contribution >= 0.6 is 0 Å². The third kappa shape index (κ3) is 3.00. The summed E-state index contributed by atoms with van der Waals surface area (Å²) in [6.45, 7) is 0. The smallest absolute Gasteiger partial charge is 0.0205 e. The Bertz CT molecular complexity index is 238. The average molecular weight is 246 g/mol. The van der Waals surface area contributed by atoms with Gasteiger partial charge in [-0.15, -0.1) is 0 Å². The Kier molecular flexibility index (Phi) is 4.44. The summed E-state index contributed by atoms with van der Waals surface area (Å²) in [6.07, 6.45) is 23.3. The van der Waals surface area contributed by atoms with E-state index in [9.17, 15) is 0 Å². The number of hydrogen-bond donors (Lipinski definition) is 0. The molecule has 0 spiro atoms. The molecule has 0 bridgehead atoms. The van der Waals surface area contributed by atoms with Crippen molar-refractivity contribution in [2.45, 2.75) is 77.0 Å². The van der Waals surface area contributed by atoms with Gasteiger partial charge in [-0.3, -0.25) is 0 Å². The van der Waals surface area contributed by atoms with Gasteiger partial charge in [0.2, 0.25) is 0 Å². The van der Waals surface area contributed by atoms with Crippen LogP contribution in [0.15, 0.2) is 12.2 Å². The molecule has 3 aliphatic rings. The zero-order valence-corrected chi connectivity index (χ0v) is 11.9. The molecule has 0 heteroatoms. The van der Waals surface area contributed by atoms with Crippen molar-refractivity contribution in [3.8, 4) is 0 Å². The van der Waals surface area contributed by atoms with E-state index < -0.39 is 0 Å². The van der Waals surface area contributed by atoms with Gasteiger partial charge in [-0.25, -0.2) is 0 Å². The van der Waals surface area contributed by atoms with Gasteiger partial charge in [-0.1, -0.05) is 50.7 Å². The van der Waals surface area contributed by atoms with Crippen molar-refractivity contribution in [3.63, 3.8) is 0 Å². The Morgan fingerprint density at radius 2 is 0.833 bits per heavy atom.